The summed E-state index contributed by atoms with van der Waals surface area (Å²) in [5.74, 6) is 0.0853. The molecule has 2 aromatic carbocycles. The molecule has 0 aliphatic carbocycles. The normalized spacial score (nSPS) is 22.4. The Kier molecular flexibility index (Phi) is 3.61. The summed E-state index contributed by atoms with van der Waals surface area (Å²) in [6, 6.07) is 18.6. The summed E-state index contributed by atoms with van der Waals surface area (Å²) in [7, 11) is 1.62. The first kappa shape index (κ1) is 15.6. The van der Waals surface area contributed by atoms with E-state index in [4.69, 9.17) is 4.74 Å². The number of benzene rings is 2. The first-order chi connectivity index (χ1) is 12.8. The van der Waals surface area contributed by atoms with Crippen LogP contribution in [0.15, 0.2) is 54.6 Å². The maximum atomic E-state index is 13.4. The Morgan fingerprint density at radius 1 is 1.12 bits per heavy atom. The van der Waals surface area contributed by atoms with E-state index in [1.54, 1.807) is 7.11 Å². The zero-order chi connectivity index (χ0) is 17.7. The predicted molar refractivity (Wildman–Crippen MR) is 101 cm³/mol. The minimum Gasteiger partial charge on any atom is -0.367 e. The van der Waals surface area contributed by atoms with Crippen LogP contribution in [0.5, 0.6) is 0 Å². The van der Waals surface area contributed by atoms with Gasteiger partial charge in [-0.1, -0.05) is 48.5 Å². The minimum absolute atomic E-state index is 0.0853. The van der Waals surface area contributed by atoms with Crippen molar-refractivity contribution in [3.63, 3.8) is 0 Å². The zero-order valence-corrected chi connectivity index (χ0v) is 14.8. The SMILES string of the molecule is CO[C@@H](C(=O)N1[C@H]2CC[C@@H]1c1c([nH]c3ccccc13)C2)c1ccccc1. The molecule has 3 atom stereocenters. The minimum atomic E-state index is -0.536. The smallest absolute Gasteiger partial charge is 0.257 e. The van der Waals surface area contributed by atoms with Crippen molar-refractivity contribution >= 4 is 16.8 Å². The fraction of sp³-hybridized carbons (Fsp3) is 0.318. The Labute approximate surface area is 152 Å². The van der Waals surface area contributed by atoms with Gasteiger partial charge in [-0.2, -0.15) is 0 Å². The molecule has 5 rings (SSSR count). The van der Waals surface area contributed by atoms with Gasteiger partial charge in [-0.15, -0.1) is 0 Å². The van der Waals surface area contributed by atoms with Crippen molar-refractivity contribution in [2.45, 2.75) is 37.5 Å². The average molecular weight is 346 g/mol. The number of hydrogen-bond acceptors (Lipinski definition) is 2. The lowest BCUT2D eigenvalue weighted by molar-refractivity contribution is -0.146. The van der Waals surface area contributed by atoms with Crippen molar-refractivity contribution in [2.75, 3.05) is 7.11 Å². The van der Waals surface area contributed by atoms with E-state index in [0.717, 1.165) is 24.8 Å². The second-order valence-electron chi connectivity index (χ2n) is 7.29. The Morgan fingerprint density at radius 2 is 1.88 bits per heavy atom. The van der Waals surface area contributed by atoms with E-state index in [9.17, 15) is 4.79 Å². The predicted octanol–water partition coefficient (Wildman–Crippen LogP) is 4.14. The molecular weight excluding hydrogens is 324 g/mol. The largest absolute Gasteiger partial charge is 0.367 e. The highest BCUT2D eigenvalue weighted by molar-refractivity contribution is 5.88. The maximum absolute atomic E-state index is 13.4. The number of amides is 1. The summed E-state index contributed by atoms with van der Waals surface area (Å²) in [6.07, 6.45) is 2.44. The van der Waals surface area contributed by atoms with Gasteiger partial charge in [-0.05, 0) is 24.5 Å². The van der Waals surface area contributed by atoms with Crippen LogP contribution < -0.4 is 0 Å². The van der Waals surface area contributed by atoms with Crippen molar-refractivity contribution < 1.29 is 9.53 Å². The summed E-state index contributed by atoms with van der Waals surface area (Å²) in [5.41, 5.74) is 4.70. The molecule has 4 nitrogen and oxygen atoms in total. The first-order valence-electron chi connectivity index (χ1n) is 9.27. The summed E-state index contributed by atoms with van der Waals surface area (Å²) >= 11 is 0. The van der Waals surface area contributed by atoms with Crippen LogP contribution in [0.3, 0.4) is 0 Å². The third kappa shape index (κ3) is 2.22. The number of carbonyl (C=O) groups excluding carboxylic acids is 1. The number of ether oxygens (including phenoxy) is 1. The van der Waals surface area contributed by atoms with Crippen molar-refractivity contribution in [2.24, 2.45) is 0 Å². The molecule has 0 unspecified atom stereocenters. The number of fused-ring (bicyclic) bond motifs is 6. The standard InChI is InChI=1S/C22H22N2O2/c1-26-21(14-7-3-2-4-8-14)22(25)24-15-11-12-19(24)20-16-9-5-6-10-17(16)23-18(20)13-15/h2-10,15,19,21,23H,11-13H2,1H3/t15-,19+,21+/m0/s1. The number of carbonyl (C=O) groups is 1. The van der Waals surface area contributed by atoms with Gasteiger partial charge >= 0.3 is 0 Å². The van der Waals surface area contributed by atoms with E-state index in [-0.39, 0.29) is 18.0 Å². The number of hydrogen-bond donors (Lipinski definition) is 1. The lowest BCUT2D eigenvalue weighted by Gasteiger charge is -2.37. The van der Waals surface area contributed by atoms with Gasteiger partial charge in [-0.3, -0.25) is 4.79 Å². The van der Waals surface area contributed by atoms with Crippen LogP contribution in [0.1, 0.15) is 41.8 Å². The molecule has 3 heterocycles. The van der Waals surface area contributed by atoms with E-state index in [1.807, 2.05) is 30.3 Å². The number of rotatable bonds is 3. The van der Waals surface area contributed by atoms with Gasteiger partial charge in [0, 0.05) is 41.7 Å². The summed E-state index contributed by atoms with van der Waals surface area (Å²) in [4.78, 5) is 19.1. The van der Waals surface area contributed by atoms with Gasteiger partial charge < -0.3 is 14.6 Å². The number of para-hydroxylation sites is 1. The monoisotopic (exact) mass is 346 g/mol. The summed E-state index contributed by atoms with van der Waals surface area (Å²) < 4.78 is 5.63. The van der Waals surface area contributed by atoms with Gasteiger partial charge in [-0.25, -0.2) is 0 Å². The van der Waals surface area contributed by atoms with Crippen LogP contribution in [0.2, 0.25) is 0 Å². The van der Waals surface area contributed by atoms with Crippen LogP contribution in [0.25, 0.3) is 10.9 Å². The molecular formula is C22H22N2O2. The highest BCUT2D eigenvalue weighted by Gasteiger charge is 2.46. The third-order valence-electron chi connectivity index (χ3n) is 5.92. The van der Waals surface area contributed by atoms with Crippen LogP contribution in [-0.4, -0.2) is 28.9 Å². The molecule has 3 aromatic rings. The second kappa shape index (κ2) is 5.99. The molecule has 1 N–H and O–H groups in total. The molecule has 26 heavy (non-hydrogen) atoms. The summed E-state index contributed by atoms with van der Waals surface area (Å²) in [6.45, 7) is 0. The van der Waals surface area contributed by atoms with Crippen molar-refractivity contribution in [1.82, 2.24) is 9.88 Å². The van der Waals surface area contributed by atoms with E-state index in [0.29, 0.717) is 0 Å². The first-order valence-corrected chi connectivity index (χ1v) is 9.27. The molecule has 1 fully saturated rings. The van der Waals surface area contributed by atoms with Crippen molar-refractivity contribution in [3.8, 4) is 0 Å². The highest BCUT2D eigenvalue weighted by atomic mass is 16.5. The zero-order valence-electron chi connectivity index (χ0n) is 14.8. The van der Waals surface area contributed by atoms with Crippen LogP contribution in [-0.2, 0) is 16.0 Å². The van der Waals surface area contributed by atoms with E-state index >= 15 is 0 Å². The third-order valence-corrected chi connectivity index (χ3v) is 5.92. The van der Waals surface area contributed by atoms with Gasteiger partial charge in [0.25, 0.3) is 5.91 Å². The number of aromatic amines is 1. The molecule has 0 spiro atoms. The topological polar surface area (TPSA) is 45.3 Å². The molecule has 2 bridgehead atoms. The molecule has 4 heteroatoms. The molecule has 0 radical (unpaired) electrons. The molecule has 132 valence electrons. The summed E-state index contributed by atoms with van der Waals surface area (Å²) in [5, 5.41) is 1.25. The Bertz CT molecular complexity index is 963. The molecule has 2 aliphatic rings. The second-order valence-corrected chi connectivity index (χ2v) is 7.29. The number of aromatic nitrogens is 1. The van der Waals surface area contributed by atoms with Gasteiger partial charge in [0.1, 0.15) is 0 Å². The van der Waals surface area contributed by atoms with Gasteiger partial charge in [0.2, 0.25) is 0 Å². The molecule has 0 saturated carbocycles. The molecule has 2 aliphatic heterocycles. The van der Waals surface area contributed by atoms with E-state index < -0.39 is 6.10 Å². The molecule has 1 saturated heterocycles. The van der Waals surface area contributed by atoms with E-state index in [1.165, 1.54) is 22.2 Å². The van der Waals surface area contributed by atoms with Crippen LogP contribution in [0, 0.1) is 0 Å². The quantitative estimate of drug-likeness (QED) is 0.774. The average Bonchev–Trinajstić information content (AvgIpc) is 3.20. The van der Waals surface area contributed by atoms with Gasteiger partial charge in [0.05, 0.1) is 6.04 Å². The van der Waals surface area contributed by atoms with Crippen LogP contribution >= 0.6 is 0 Å². The number of methoxy groups -OCH3 is 1. The lowest BCUT2D eigenvalue weighted by Crippen LogP contribution is -2.44. The van der Waals surface area contributed by atoms with Crippen molar-refractivity contribution in [3.05, 3.63) is 71.4 Å². The number of nitrogens with one attached hydrogen (secondary N) is 1. The number of H-pyrrole nitrogens is 1. The van der Waals surface area contributed by atoms with E-state index in [2.05, 4.69) is 34.1 Å². The highest BCUT2D eigenvalue weighted by Crippen LogP contribution is 2.47. The van der Waals surface area contributed by atoms with Crippen molar-refractivity contribution in [1.29, 1.82) is 0 Å². The lowest BCUT2D eigenvalue weighted by atomic mass is 9.95. The Balaban J connectivity index is 1.55. The Morgan fingerprint density at radius 3 is 2.69 bits per heavy atom. The fourth-order valence-corrected chi connectivity index (χ4v) is 4.84. The Hall–Kier alpha value is -2.59. The fourth-order valence-electron chi connectivity index (χ4n) is 4.84. The molecule has 1 amide bonds. The number of nitrogens with zero attached hydrogens (tertiary/aromatic N) is 1. The molecule has 1 aromatic heterocycles. The van der Waals surface area contributed by atoms with Crippen LogP contribution in [0.4, 0.5) is 0 Å². The van der Waals surface area contributed by atoms with Gasteiger partial charge in [0.15, 0.2) is 6.10 Å². The maximum Gasteiger partial charge on any atom is 0.257 e.